The van der Waals surface area contributed by atoms with E-state index in [0.29, 0.717) is 29.3 Å². The molecule has 2 N–H and O–H groups in total. The number of imidazole rings is 1. The maximum atomic E-state index is 13.4. The van der Waals surface area contributed by atoms with Crippen molar-refractivity contribution in [2.24, 2.45) is 0 Å². The zero-order valence-electron chi connectivity index (χ0n) is 18.1. The number of halogens is 1. The number of benzene rings is 1. The third-order valence-corrected chi connectivity index (χ3v) is 4.82. The number of pyridine rings is 1. The van der Waals surface area contributed by atoms with Gasteiger partial charge in [0.1, 0.15) is 17.2 Å². The highest BCUT2D eigenvalue weighted by atomic mass is 19.1. The van der Waals surface area contributed by atoms with Gasteiger partial charge < -0.3 is 19.8 Å². The number of nitrogens with zero attached hydrogens (tertiary/aromatic N) is 5. The van der Waals surface area contributed by atoms with E-state index in [1.807, 2.05) is 19.1 Å². The summed E-state index contributed by atoms with van der Waals surface area (Å²) in [5, 5.41) is 16.9. The second-order valence-corrected chi connectivity index (χ2v) is 8.27. The molecule has 0 aliphatic rings. The fraction of sp³-hybridized carbons (Fsp3) is 0.273. The number of hydrogen-bond donors (Lipinski definition) is 2. The van der Waals surface area contributed by atoms with Gasteiger partial charge in [-0.2, -0.15) is 4.98 Å². The molecule has 3 heterocycles. The Morgan fingerprint density at radius 2 is 2.09 bits per heavy atom. The summed E-state index contributed by atoms with van der Waals surface area (Å²) >= 11 is 0. The Kier molecular flexibility index (Phi) is 5.39. The van der Waals surface area contributed by atoms with Crippen molar-refractivity contribution in [1.29, 1.82) is 0 Å². The number of hydrogen-bond acceptors (Lipinski definition) is 7. The minimum Gasteiger partial charge on any atom is -0.389 e. The van der Waals surface area contributed by atoms with Crippen molar-refractivity contribution in [3.63, 3.8) is 0 Å². The maximum absolute atomic E-state index is 13.4. The number of carbonyl (C=O) groups is 1. The highest BCUT2D eigenvalue weighted by molar-refractivity contribution is 6.04. The Morgan fingerprint density at radius 1 is 1.31 bits per heavy atom. The number of rotatable bonds is 6. The fourth-order valence-electron chi connectivity index (χ4n) is 3.34. The van der Waals surface area contributed by atoms with Crippen molar-refractivity contribution in [2.45, 2.75) is 26.4 Å². The first kappa shape index (κ1) is 21.4. The Hall–Kier alpha value is -3.79. The van der Waals surface area contributed by atoms with E-state index in [-0.39, 0.29) is 17.6 Å². The number of aryl methyl sites for hydroxylation is 1. The Labute approximate surface area is 183 Å². The van der Waals surface area contributed by atoms with Crippen LogP contribution in [0.15, 0.2) is 47.2 Å². The van der Waals surface area contributed by atoms with Crippen molar-refractivity contribution in [2.75, 3.05) is 23.8 Å². The Morgan fingerprint density at radius 3 is 2.84 bits per heavy atom. The first-order valence-corrected chi connectivity index (χ1v) is 9.93. The van der Waals surface area contributed by atoms with Gasteiger partial charge in [0, 0.05) is 30.6 Å². The summed E-state index contributed by atoms with van der Waals surface area (Å²) in [6.07, 6.45) is 2.86. The van der Waals surface area contributed by atoms with Gasteiger partial charge in [0.05, 0.1) is 18.3 Å². The van der Waals surface area contributed by atoms with Crippen molar-refractivity contribution in [3.8, 4) is 11.4 Å². The molecular formula is C22H23FN6O3. The van der Waals surface area contributed by atoms with Gasteiger partial charge in [-0.15, -0.1) is 0 Å². The molecule has 1 aromatic carbocycles. The third kappa shape index (κ3) is 4.45. The van der Waals surface area contributed by atoms with Crippen LogP contribution in [-0.4, -0.2) is 49.7 Å². The lowest BCUT2D eigenvalue weighted by Gasteiger charge is -2.23. The number of amides is 1. The van der Waals surface area contributed by atoms with Crippen LogP contribution in [0.5, 0.6) is 0 Å². The predicted octanol–water partition coefficient (Wildman–Crippen LogP) is 3.29. The zero-order valence-corrected chi connectivity index (χ0v) is 18.1. The van der Waals surface area contributed by atoms with E-state index in [0.717, 1.165) is 5.56 Å². The molecule has 0 radical (unpaired) electrons. The van der Waals surface area contributed by atoms with Gasteiger partial charge in [0.2, 0.25) is 5.82 Å². The molecule has 9 nitrogen and oxygen atoms in total. The number of nitrogens with one attached hydrogen (secondary N) is 1. The van der Waals surface area contributed by atoms with E-state index in [1.165, 1.54) is 28.9 Å². The molecule has 0 saturated carbocycles. The van der Waals surface area contributed by atoms with Gasteiger partial charge in [-0.05, 0) is 38.5 Å². The van der Waals surface area contributed by atoms with E-state index in [4.69, 9.17) is 4.52 Å². The van der Waals surface area contributed by atoms with Crippen molar-refractivity contribution in [1.82, 2.24) is 19.5 Å². The highest BCUT2D eigenvalue weighted by Gasteiger charge is 2.21. The first-order valence-electron chi connectivity index (χ1n) is 9.93. The summed E-state index contributed by atoms with van der Waals surface area (Å²) in [5.41, 5.74) is 1.76. The molecule has 1 amide bonds. The molecule has 3 aromatic heterocycles. The maximum Gasteiger partial charge on any atom is 0.324 e. The lowest BCUT2D eigenvalue weighted by molar-refractivity contribution is 0.0872. The van der Waals surface area contributed by atoms with Crippen molar-refractivity contribution < 1.29 is 18.8 Å². The van der Waals surface area contributed by atoms with Crippen LogP contribution in [0.2, 0.25) is 0 Å². The minimum absolute atomic E-state index is 0.270. The van der Waals surface area contributed by atoms with Gasteiger partial charge in [-0.25, -0.2) is 9.37 Å². The van der Waals surface area contributed by atoms with Crippen LogP contribution in [0.4, 0.5) is 16.1 Å². The van der Waals surface area contributed by atoms with Crippen molar-refractivity contribution >= 4 is 23.3 Å². The molecule has 32 heavy (non-hydrogen) atoms. The second-order valence-electron chi connectivity index (χ2n) is 8.27. The second kappa shape index (κ2) is 8.04. The summed E-state index contributed by atoms with van der Waals surface area (Å²) < 4.78 is 20.2. The van der Waals surface area contributed by atoms with Crippen LogP contribution < -0.4 is 10.2 Å². The topological polar surface area (TPSA) is 109 Å². The van der Waals surface area contributed by atoms with Gasteiger partial charge >= 0.3 is 6.01 Å². The van der Waals surface area contributed by atoms with Crippen LogP contribution in [0.1, 0.15) is 29.9 Å². The number of fused-ring (bicyclic) bond motifs is 1. The van der Waals surface area contributed by atoms with E-state index in [1.54, 1.807) is 31.9 Å². The standard InChI is InChI=1S/C22H23FN6O3/c1-13-5-6-14(19-26-21(32-27-19)28(4)12-22(2,3)31)9-16(13)25-20(30)17-11-24-18-10-15(23)7-8-29(17)18/h5-11,31H,12H2,1-4H3,(H,25,30). The Bertz CT molecular complexity index is 1290. The van der Waals surface area contributed by atoms with Crippen LogP contribution in [-0.2, 0) is 0 Å². The molecule has 0 aliphatic heterocycles. The largest absolute Gasteiger partial charge is 0.389 e. The van der Waals surface area contributed by atoms with Crippen LogP contribution in [0, 0.1) is 12.7 Å². The third-order valence-electron chi connectivity index (χ3n) is 4.82. The molecule has 0 saturated heterocycles. The number of carbonyl (C=O) groups excluding carboxylic acids is 1. The molecule has 166 valence electrons. The monoisotopic (exact) mass is 438 g/mol. The first-order chi connectivity index (χ1) is 15.1. The van der Waals surface area contributed by atoms with E-state index in [2.05, 4.69) is 20.4 Å². The predicted molar refractivity (Wildman–Crippen MR) is 117 cm³/mol. The molecule has 10 heteroatoms. The SMILES string of the molecule is Cc1ccc(-c2noc(N(C)CC(C)(C)O)n2)cc1NC(=O)c1cnc2cc(F)ccn12. The minimum atomic E-state index is -0.922. The van der Waals surface area contributed by atoms with E-state index < -0.39 is 11.4 Å². The molecule has 0 spiro atoms. The molecule has 0 atom stereocenters. The van der Waals surface area contributed by atoms with Gasteiger partial charge in [-0.1, -0.05) is 17.3 Å². The molecule has 4 aromatic rings. The van der Waals surface area contributed by atoms with Gasteiger partial charge in [-0.3, -0.25) is 9.20 Å². The van der Waals surface area contributed by atoms with Gasteiger partial charge in [0.25, 0.3) is 5.91 Å². The number of anilines is 2. The van der Waals surface area contributed by atoms with E-state index in [9.17, 15) is 14.3 Å². The summed E-state index contributed by atoms with van der Waals surface area (Å²) in [6, 6.07) is 8.20. The molecule has 0 aliphatic carbocycles. The molecule has 0 fully saturated rings. The number of likely N-dealkylation sites (N-methyl/N-ethyl adjacent to an activating group) is 1. The molecule has 0 bridgehead atoms. The van der Waals surface area contributed by atoms with Crippen LogP contribution in [0.25, 0.3) is 17.0 Å². The number of aliphatic hydroxyl groups is 1. The zero-order chi connectivity index (χ0) is 23.0. The summed E-state index contributed by atoms with van der Waals surface area (Å²) in [6.45, 7) is 5.56. The molecule has 4 rings (SSSR count). The van der Waals surface area contributed by atoms with Crippen LogP contribution >= 0.6 is 0 Å². The summed E-state index contributed by atoms with van der Waals surface area (Å²) in [7, 11) is 1.75. The van der Waals surface area contributed by atoms with Crippen LogP contribution in [0.3, 0.4) is 0 Å². The average molecular weight is 438 g/mol. The van der Waals surface area contributed by atoms with Crippen molar-refractivity contribution in [3.05, 3.63) is 59.8 Å². The smallest absolute Gasteiger partial charge is 0.324 e. The normalized spacial score (nSPS) is 11.7. The lowest BCUT2D eigenvalue weighted by Crippen LogP contribution is -2.36. The fourth-order valence-corrected chi connectivity index (χ4v) is 3.34. The quantitative estimate of drug-likeness (QED) is 0.475. The number of aromatic nitrogens is 4. The summed E-state index contributed by atoms with van der Waals surface area (Å²) in [4.78, 5) is 23.0. The molecular weight excluding hydrogens is 415 g/mol. The highest BCUT2D eigenvalue weighted by Crippen LogP contribution is 2.26. The summed E-state index contributed by atoms with van der Waals surface area (Å²) in [5.74, 6) is -0.460. The average Bonchev–Trinajstić information content (AvgIpc) is 3.35. The van der Waals surface area contributed by atoms with E-state index >= 15 is 0 Å². The van der Waals surface area contributed by atoms with Gasteiger partial charge in [0.15, 0.2) is 0 Å². The molecule has 0 unspecified atom stereocenters. The Balaban J connectivity index is 1.57. The lowest BCUT2D eigenvalue weighted by atomic mass is 10.1.